The molecule has 24 heavy (non-hydrogen) atoms. The minimum atomic E-state index is -0.257. The molecule has 2 aromatic rings. The van der Waals surface area contributed by atoms with Gasteiger partial charge in [-0.25, -0.2) is 9.37 Å². The van der Waals surface area contributed by atoms with Crippen LogP contribution in [0.5, 0.6) is 0 Å². The summed E-state index contributed by atoms with van der Waals surface area (Å²) < 4.78 is 14.0. The van der Waals surface area contributed by atoms with Gasteiger partial charge in [0, 0.05) is 23.6 Å². The molecule has 0 unspecified atom stereocenters. The molecular formula is C19H23FN2OS. The summed E-state index contributed by atoms with van der Waals surface area (Å²) in [4.78, 5) is 20.2. The van der Waals surface area contributed by atoms with E-state index in [4.69, 9.17) is 0 Å². The van der Waals surface area contributed by atoms with Crippen LogP contribution in [0.3, 0.4) is 0 Å². The van der Waals surface area contributed by atoms with Crippen LogP contribution in [0, 0.1) is 12.7 Å². The fraction of sp³-hybridized carbons (Fsp3) is 0.474. The summed E-state index contributed by atoms with van der Waals surface area (Å²) in [6.07, 6.45) is 1.98. The Hall–Kier alpha value is -1.75. The first-order chi connectivity index (χ1) is 11.3. The Morgan fingerprint density at radius 2 is 2.00 bits per heavy atom. The topological polar surface area (TPSA) is 33.2 Å². The molecule has 1 aliphatic carbocycles. The number of benzene rings is 1. The predicted octanol–water partition coefficient (Wildman–Crippen LogP) is 4.69. The van der Waals surface area contributed by atoms with Crippen LogP contribution in [0.2, 0.25) is 0 Å². The van der Waals surface area contributed by atoms with Gasteiger partial charge in [0.2, 0.25) is 0 Å². The van der Waals surface area contributed by atoms with Crippen molar-refractivity contribution < 1.29 is 9.18 Å². The second kappa shape index (κ2) is 6.28. The molecule has 128 valence electrons. The zero-order chi connectivity index (χ0) is 17.5. The molecule has 0 bridgehead atoms. The Kier molecular flexibility index (Phi) is 4.47. The standard InChI is InChI=1S/C19H23FN2OS/c1-12-16(24-18(21-12)19(2,3)4)17(23)22(14-9-10-14)11-13-7-5-6-8-15(13)20/h5-8,14H,9-11H2,1-4H3. The minimum Gasteiger partial charge on any atom is -0.330 e. The lowest BCUT2D eigenvalue weighted by molar-refractivity contribution is 0.0732. The van der Waals surface area contributed by atoms with E-state index in [0.717, 1.165) is 23.5 Å². The van der Waals surface area contributed by atoms with Gasteiger partial charge in [-0.15, -0.1) is 11.3 Å². The molecule has 0 aliphatic heterocycles. The molecule has 0 N–H and O–H groups in total. The third-order valence-corrected chi connectivity index (χ3v) is 5.75. The van der Waals surface area contributed by atoms with Crippen LogP contribution in [0.4, 0.5) is 4.39 Å². The maximum atomic E-state index is 14.0. The highest BCUT2D eigenvalue weighted by Gasteiger charge is 2.35. The third-order valence-electron chi connectivity index (χ3n) is 4.18. The first kappa shape index (κ1) is 17.1. The summed E-state index contributed by atoms with van der Waals surface area (Å²) in [5.41, 5.74) is 1.26. The van der Waals surface area contributed by atoms with E-state index in [0.29, 0.717) is 17.0 Å². The third kappa shape index (κ3) is 3.51. The van der Waals surface area contributed by atoms with Crippen LogP contribution in [-0.4, -0.2) is 21.8 Å². The van der Waals surface area contributed by atoms with Crippen molar-refractivity contribution in [2.75, 3.05) is 0 Å². The summed E-state index contributed by atoms with van der Waals surface area (Å²) in [5.74, 6) is -0.279. The molecule has 1 saturated carbocycles. The second-order valence-corrected chi connectivity index (χ2v) is 8.44. The van der Waals surface area contributed by atoms with Gasteiger partial charge in [-0.1, -0.05) is 39.0 Å². The molecule has 0 saturated heterocycles. The smallest absolute Gasteiger partial charge is 0.266 e. The average molecular weight is 346 g/mol. The number of aryl methyl sites for hydroxylation is 1. The number of halogens is 1. The molecule has 0 spiro atoms. The number of thiazole rings is 1. The van der Waals surface area contributed by atoms with Gasteiger partial charge in [0.05, 0.1) is 10.7 Å². The Bertz CT molecular complexity index is 759. The van der Waals surface area contributed by atoms with Crippen LogP contribution >= 0.6 is 11.3 Å². The van der Waals surface area contributed by atoms with Gasteiger partial charge in [-0.05, 0) is 25.8 Å². The van der Waals surface area contributed by atoms with Crippen molar-refractivity contribution in [2.45, 2.75) is 58.5 Å². The molecule has 1 heterocycles. The lowest BCUT2D eigenvalue weighted by Crippen LogP contribution is -2.32. The van der Waals surface area contributed by atoms with E-state index in [1.54, 1.807) is 12.1 Å². The lowest BCUT2D eigenvalue weighted by atomic mass is 9.98. The van der Waals surface area contributed by atoms with E-state index >= 15 is 0 Å². The monoisotopic (exact) mass is 346 g/mol. The quantitative estimate of drug-likeness (QED) is 0.804. The van der Waals surface area contributed by atoms with E-state index in [1.165, 1.54) is 17.4 Å². The second-order valence-electron chi connectivity index (χ2n) is 7.44. The number of aromatic nitrogens is 1. The molecule has 1 aromatic heterocycles. The summed E-state index contributed by atoms with van der Waals surface area (Å²) in [5, 5.41) is 0.963. The van der Waals surface area contributed by atoms with Gasteiger partial charge in [0.25, 0.3) is 5.91 Å². The van der Waals surface area contributed by atoms with Gasteiger partial charge < -0.3 is 4.90 Å². The molecule has 1 fully saturated rings. The molecule has 0 radical (unpaired) electrons. The fourth-order valence-electron chi connectivity index (χ4n) is 2.61. The van der Waals surface area contributed by atoms with Crippen LogP contribution in [0.15, 0.2) is 24.3 Å². The van der Waals surface area contributed by atoms with Gasteiger partial charge in [0.15, 0.2) is 0 Å². The SMILES string of the molecule is Cc1nc(C(C)(C)C)sc1C(=O)N(Cc1ccccc1F)C1CC1. The molecule has 3 rings (SSSR count). The molecule has 1 aliphatic rings. The normalized spacial score (nSPS) is 14.7. The van der Waals surface area contributed by atoms with Crippen molar-refractivity contribution in [3.05, 3.63) is 51.2 Å². The number of carbonyl (C=O) groups is 1. The first-order valence-electron chi connectivity index (χ1n) is 8.29. The zero-order valence-electron chi connectivity index (χ0n) is 14.6. The van der Waals surface area contributed by atoms with E-state index in [2.05, 4.69) is 25.8 Å². The van der Waals surface area contributed by atoms with Crippen molar-refractivity contribution in [2.24, 2.45) is 0 Å². The Morgan fingerprint density at radius 3 is 2.54 bits per heavy atom. The highest BCUT2D eigenvalue weighted by Crippen LogP contribution is 2.34. The first-order valence-corrected chi connectivity index (χ1v) is 9.11. The van der Waals surface area contributed by atoms with Crippen LogP contribution in [-0.2, 0) is 12.0 Å². The lowest BCUT2D eigenvalue weighted by Gasteiger charge is -2.22. The molecular weight excluding hydrogens is 323 g/mol. The van der Waals surface area contributed by atoms with Crippen LogP contribution in [0.25, 0.3) is 0 Å². The molecule has 1 aromatic carbocycles. The van der Waals surface area contributed by atoms with Crippen molar-refractivity contribution in [3.8, 4) is 0 Å². The van der Waals surface area contributed by atoms with Crippen molar-refractivity contribution in [3.63, 3.8) is 0 Å². The Labute approximate surface area is 146 Å². The molecule has 3 nitrogen and oxygen atoms in total. The van der Waals surface area contributed by atoms with Gasteiger partial charge in [-0.2, -0.15) is 0 Å². The van der Waals surface area contributed by atoms with E-state index in [9.17, 15) is 9.18 Å². The number of nitrogens with zero attached hydrogens (tertiary/aromatic N) is 2. The van der Waals surface area contributed by atoms with E-state index < -0.39 is 0 Å². The van der Waals surface area contributed by atoms with Crippen molar-refractivity contribution in [1.29, 1.82) is 0 Å². The highest BCUT2D eigenvalue weighted by molar-refractivity contribution is 7.14. The molecule has 0 atom stereocenters. The number of rotatable bonds is 4. The largest absolute Gasteiger partial charge is 0.330 e. The maximum Gasteiger partial charge on any atom is 0.266 e. The average Bonchev–Trinajstić information content (AvgIpc) is 3.26. The Morgan fingerprint density at radius 1 is 1.33 bits per heavy atom. The van der Waals surface area contributed by atoms with Crippen molar-refractivity contribution in [1.82, 2.24) is 9.88 Å². The van der Waals surface area contributed by atoms with E-state index in [1.807, 2.05) is 17.9 Å². The van der Waals surface area contributed by atoms with Crippen LogP contribution in [0.1, 0.15) is 59.5 Å². The number of carbonyl (C=O) groups excluding carboxylic acids is 1. The van der Waals surface area contributed by atoms with Gasteiger partial charge >= 0.3 is 0 Å². The zero-order valence-corrected chi connectivity index (χ0v) is 15.4. The molecule has 1 amide bonds. The summed E-state index contributed by atoms with van der Waals surface area (Å²) in [6.45, 7) is 8.48. The predicted molar refractivity (Wildman–Crippen MR) is 94.8 cm³/mol. The van der Waals surface area contributed by atoms with Gasteiger partial charge in [-0.3, -0.25) is 4.79 Å². The summed E-state index contributed by atoms with van der Waals surface area (Å²) in [6, 6.07) is 6.89. The van der Waals surface area contributed by atoms with Crippen LogP contribution < -0.4 is 0 Å². The van der Waals surface area contributed by atoms with Gasteiger partial charge in [0.1, 0.15) is 10.7 Å². The summed E-state index contributed by atoms with van der Waals surface area (Å²) >= 11 is 1.47. The number of amides is 1. The number of hydrogen-bond acceptors (Lipinski definition) is 3. The fourth-order valence-corrected chi connectivity index (χ4v) is 3.69. The molecule has 5 heteroatoms. The maximum absolute atomic E-state index is 14.0. The van der Waals surface area contributed by atoms with E-state index in [-0.39, 0.29) is 23.2 Å². The summed E-state index contributed by atoms with van der Waals surface area (Å²) in [7, 11) is 0. The number of hydrogen-bond donors (Lipinski definition) is 0. The minimum absolute atomic E-state index is 0.0220. The van der Waals surface area contributed by atoms with Crippen molar-refractivity contribution >= 4 is 17.2 Å². The highest BCUT2D eigenvalue weighted by atomic mass is 32.1. The Balaban J connectivity index is 1.88.